The van der Waals surface area contributed by atoms with E-state index in [1.54, 1.807) is 19.1 Å². The summed E-state index contributed by atoms with van der Waals surface area (Å²) in [5.41, 5.74) is 1.08. The summed E-state index contributed by atoms with van der Waals surface area (Å²) in [5.74, 6) is -1.56. The molecule has 3 aromatic rings. The molecule has 35 heavy (non-hydrogen) atoms. The molecule has 2 amide bonds. The van der Waals surface area contributed by atoms with Gasteiger partial charge in [0.2, 0.25) is 5.91 Å². The van der Waals surface area contributed by atoms with Crippen LogP contribution < -0.4 is 5.32 Å². The Hall–Kier alpha value is -3.78. The normalized spacial score (nSPS) is 19.2. The van der Waals surface area contributed by atoms with Crippen LogP contribution in [0.2, 0.25) is 0 Å². The van der Waals surface area contributed by atoms with Crippen molar-refractivity contribution in [3.63, 3.8) is 0 Å². The van der Waals surface area contributed by atoms with Gasteiger partial charge in [-0.25, -0.2) is 9.78 Å². The van der Waals surface area contributed by atoms with Crippen LogP contribution in [0.5, 0.6) is 11.5 Å². The summed E-state index contributed by atoms with van der Waals surface area (Å²) in [5, 5.41) is 35.8. The van der Waals surface area contributed by atoms with Crippen molar-refractivity contribution in [2.45, 2.75) is 23.4 Å². The number of hydrogen-bond acceptors (Lipinski definition) is 10. The Bertz CT molecular complexity index is 1420. The first-order valence-corrected chi connectivity index (χ1v) is 12.3. The Kier molecular flexibility index (Phi) is 5.76. The lowest BCUT2D eigenvalue weighted by molar-refractivity contribution is -0.150. The number of aromatic nitrogens is 4. The van der Waals surface area contributed by atoms with Crippen molar-refractivity contribution in [1.82, 2.24) is 29.8 Å². The van der Waals surface area contributed by atoms with E-state index in [0.29, 0.717) is 27.8 Å². The molecule has 2 aliphatic heterocycles. The monoisotopic (exact) mass is 514 g/mol. The van der Waals surface area contributed by atoms with E-state index in [2.05, 4.69) is 20.4 Å². The Balaban J connectivity index is 1.29. The van der Waals surface area contributed by atoms with E-state index in [4.69, 9.17) is 0 Å². The number of fused-ring (bicyclic) bond motifs is 2. The van der Waals surface area contributed by atoms with E-state index in [1.807, 2.05) is 0 Å². The number of amides is 2. The molecular formula is C21H18N6O6S2. The number of β-lactam (4-membered cyclic amide) rings is 1. The van der Waals surface area contributed by atoms with Gasteiger partial charge in [-0.2, -0.15) is 9.50 Å². The topological polar surface area (TPSA) is 170 Å². The number of benzene rings is 1. The summed E-state index contributed by atoms with van der Waals surface area (Å²) >= 11 is 2.57. The minimum absolute atomic E-state index is 0.0173. The number of thioether (sulfide) groups is 2. The predicted octanol–water partition coefficient (Wildman–Crippen LogP) is 0.971. The summed E-state index contributed by atoms with van der Waals surface area (Å²) in [4.78, 5) is 46.3. The smallest absolute Gasteiger partial charge is 0.352 e. The molecule has 0 spiro atoms. The minimum atomic E-state index is -1.17. The highest BCUT2D eigenvalue weighted by Crippen LogP contribution is 2.37. The van der Waals surface area contributed by atoms with Gasteiger partial charge in [0.25, 0.3) is 11.7 Å². The lowest BCUT2D eigenvalue weighted by atomic mass is 10.1. The highest BCUT2D eigenvalue weighted by Gasteiger charge is 2.52. The fourth-order valence-electron chi connectivity index (χ4n) is 3.73. The molecule has 2 unspecified atom stereocenters. The van der Waals surface area contributed by atoms with E-state index < -0.39 is 23.3 Å². The molecular weight excluding hydrogens is 496 g/mol. The highest BCUT2D eigenvalue weighted by atomic mass is 32.2. The largest absolute Gasteiger partial charge is 0.504 e. The van der Waals surface area contributed by atoms with E-state index >= 15 is 0 Å². The molecule has 0 bridgehead atoms. The van der Waals surface area contributed by atoms with Crippen molar-refractivity contribution >= 4 is 47.1 Å². The average Bonchev–Trinajstić information content (AvgIpc) is 3.26. The maximum Gasteiger partial charge on any atom is 0.352 e. The highest BCUT2D eigenvalue weighted by molar-refractivity contribution is 8.00. The van der Waals surface area contributed by atoms with Gasteiger partial charge in [-0.3, -0.25) is 14.5 Å². The summed E-state index contributed by atoms with van der Waals surface area (Å²) in [6.07, 6.45) is 1.48. The van der Waals surface area contributed by atoms with E-state index in [0.717, 1.165) is 0 Å². The number of aryl methyl sites for hydroxylation is 1. The minimum Gasteiger partial charge on any atom is -0.504 e. The van der Waals surface area contributed by atoms with Crippen molar-refractivity contribution in [3.8, 4) is 22.9 Å². The molecule has 12 nitrogen and oxygen atoms in total. The van der Waals surface area contributed by atoms with E-state index in [-0.39, 0.29) is 34.7 Å². The van der Waals surface area contributed by atoms with Crippen LogP contribution in [0.3, 0.4) is 0 Å². The molecule has 2 aliphatic rings. The van der Waals surface area contributed by atoms with Gasteiger partial charge >= 0.3 is 5.97 Å². The summed E-state index contributed by atoms with van der Waals surface area (Å²) in [6.45, 7) is 1.78. The number of hydrogen-bond donors (Lipinski definition) is 4. The molecule has 2 atom stereocenters. The lowest BCUT2D eigenvalue weighted by Crippen LogP contribution is -2.70. The van der Waals surface area contributed by atoms with E-state index in [9.17, 15) is 29.7 Å². The molecule has 5 rings (SSSR count). The third kappa shape index (κ3) is 4.14. The van der Waals surface area contributed by atoms with Crippen molar-refractivity contribution in [2.75, 3.05) is 11.5 Å². The molecule has 4 N–H and O–H groups in total. The van der Waals surface area contributed by atoms with Crippen LogP contribution in [0, 0.1) is 6.92 Å². The van der Waals surface area contributed by atoms with Crippen LogP contribution in [0.15, 0.2) is 41.1 Å². The zero-order valence-corrected chi connectivity index (χ0v) is 19.7. The van der Waals surface area contributed by atoms with Crippen LogP contribution in [0.25, 0.3) is 17.2 Å². The molecule has 14 heteroatoms. The molecule has 180 valence electrons. The number of phenols is 2. The standard InChI is InChI=1S/C21H18N6O6S2/c1-9-6-15(27-21(22-9)24-17(25-27)10-2-3-12(28)13(29)7-10)35-8-14(30)23-16-18(31)26-11(20(32)33)4-5-34-19(16)26/h2-4,6-7,16,19,28-29H,5,8H2,1H3,(H,23,30)(H,32,33). The molecule has 0 radical (unpaired) electrons. The second-order valence-electron chi connectivity index (χ2n) is 7.75. The first-order valence-electron chi connectivity index (χ1n) is 10.3. The van der Waals surface area contributed by atoms with Crippen LogP contribution in [-0.2, 0) is 14.4 Å². The first-order chi connectivity index (χ1) is 16.7. The number of carbonyl (C=O) groups is 3. The number of carbonyl (C=O) groups excluding carboxylic acids is 2. The number of carboxylic acids is 1. The van der Waals surface area contributed by atoms with Crippen LogP contribution in [0.1, 0.15) is 5.69 Å². The SMILES string of the molecule is Cc1cc(SCC(=O)NC2C(=O)N3C(C(=O)O)=CCSC23)n2nc(-c3ccc(O)c(O)c3)nc2n1. The van der Waals surface area contributed by atoms with Crippen molar-refractivity contribution in [3.05, 3.63) is 41.7 Å². The Labute approximate surface area is 206 Å². The maximum atomic E-state index is 12.6. The van der Waals surface area contributed by atoms with Crippen molar-refractivity contribution in [1.29, 1.82) is 0 Å². The Morgan fingerprint density at radius 2 is 2.03 bits per heavy atom. The Morgan fingerprint density at radius 1 is 1.23 bits per heavy atom. The number of rotatable bonds is 6. The fraction of sp³-hybridized carbons (Fsp3) is 0.238. The third-order valence-electron chi connectivity index (χ3n) is 5.37. The molecule has 4 heterocycles. The van der Waals surface area contributed by atoms with Crippen LogP contribution in [0.4, 0.5) is 0 Å². The molecule has 0 saturated carbocycles. The lowest BCUT2D eigenvalue weighted by Gasteiger charge is -2.48. The van der Waals surface area contributed by atoms with Gasteiger partial charge in [-0.05, 0) is 37.3 Å². The third-order valence-corrected chi connectivity index (χ3v) is 7.55. The number of nitrogens with zero attached hydrogens (tertiary/aromatic N) is 5. The number of phenolic OH excluding ortho intramolecular Hbond substituents is 2. The van der Waals surface area contributed by atoms with Gasteiger partial charge in [0.15, 0.2) is 17.3 Å². The van der Waals surface area contributed by atoms with Crippen LogP contribution >= 0.6 is 23.5 Å². The first kappa shape index (κ1) is 23.0. The average molecular weight is 515 g/mol. The predicted molar refractivity (Wildman–Crippen MR) is 126 cm³/mol. The number of aromatic hydroxyl groups is 2. The Morgan fingerprint density at radius 3 is 2.77 bits per heavy atom. The summed E-state index contributed by atoms with van der Waals surface area (Å²) in [7, 11) is 0. The molecule has 1 aromatic carbocycles. The van der Waals surface area contributed by atoms with Gasteiger partial charge in [0.05, 0.1) is 5.75 Å². The van der Waals surface area contributed by atoms with Crippen LogP contribution in [-0.4, -0.2) is 80.5 Å². The second kappa shape index (κ2) is 8.78. The summed E-state index contributed by atoms with van der Waals surface area (Å²) in [6, 6.07) is 5.19. The van der Waals surface area contributed by atoms with Gasteiger partial charge in [0, 0.05) is 17.0 Å². The summed E-state index contributed by atoms with van der Waals surface area (Å²) < 4.78 is 1.47. The van der Waals surface area contributed by atoms with Gasteiger partial charge in [-0.1, -0.05) is 11.8 Å². The van der Waals surface area contributed by atoms with Crippen molar-refractivity contribution < 1.29 is 29.7 Å². The number of carboxylic acid groups (broad SMARTS) is 1. The van der Waals surface area contributed by atoms with Gasteiger partial charge in [-0.15, -0.1) is 16.9 Å². The second-order valence-corrected chi connectivity index (χ2v) is 9.89. The van der Waals surface area contributed by atoms with Crippen molar-refractivity contribution in [2.24, 2.45) is 0 Å². The molecule has 1 saturated heterocycles. The fourth-order valence-corrected chi connectivity index (χ4v) is 5.79. The number of nitrogens with one attached hydrogen (secondary N) is 1. The number of aliphatic carboxylic acids is 1. The quantitative estimate of drug-likeness (QED) is 0.160. The van der Waals surface area contributed by atoms with Gasteiger partial charge in [0.1, 0.15) is 22.1 Å². The van der Waals surface area contributed by atoms with Gasteiger partial charge < -0.3 is 20.6 Å². The molecule has 1 fully saturated rings. The zero-order chi connectivity index (χ0) is 24.9. The van der Waals surface area contributed by atoms with E-state index in [1.165, 1.54) is 51.1 Å². The molecule has 2 aromatic heterocycles. The molecule has 0 aliphatic carbocycles. The zero-order valence-electron chi connectivity index (χ0n) is 18.1. The maximum absolute atomic E-state index is 12.6.